The summed E-state index contributed by atoms with van der Waals surface area (Å²) in [6, 6.07) is 4.74. The average Bonchev–Trinajstić information content (AvgIpc) is 3.19. The molecule has 3 amide bonds. The van der Waals surface area contributed by atoms with Crippen molar-refractivity contribution in [3.05, 3.63) is 34.9 Å². The van der Waals surface area contributed by atoms with Gasteiger partial charge >= 0.3 is 12.0 Å². The normalized spacial score (nSPS) is 17.1. The van der Waals surface area contributed by atoms with Gasteiger partial charge < -0.3 is 14.8 Å². The molecule has 1 saturated carbocycles. The number of benzene rings is 1. The number of hydrogen-bond donors (Lipinski definition) is 2. The van der Waals surface area contributed by atoms with E-state index in [1.165, 1.54) is 6.92 Å². The summed E-state index contributed by atoms with van der Waals surface area (Å²) in [5, 5.41) is 4.79. The van der Waals surface area contributed by atoms with E-state index < -0.39 is 24.0 Å². The molecular weight excluding hydrogens is 300 g/mol. The molecule has 1 aliphatic heterocycles. The molecule has 23 heavy (non-hydrogen) atoms. The molecule has 7 heteroatoms. The van der Waals surface area contributed by atoms with Crippen molar-refractivity contribution < 1.29 is 23.9 Å². The maximum Gasteiger partial charge on any atom is 0.338 e. The maximum atomic E-state index is 12.1. The van der Waals surface area contributed by atoms with Crippen molar-refractivity contribution in [3.63, 3.8) is 0 Å². The van der Waals surface area contributed by atoms with E-state index in [0.717, 1.165) is 24.0 Å². The molecule has 1 aromatic rings. The molecule has 0 saturated heterocycles. The Bertz CT molecular complexity index is 654. The Morgan fingerprint density at radius 2 is 1.96 bits per heavy atom. The number of rotatable bonds is 4. The molecule has 7 nitrogen and oxygen atoms in total. The van der Waals surface area contributed by atoms with Gasteiger partial charge in [-0.1, -0.05) is 6.07 Å². The number of esters is 1. The van der Waals surface area contributed by atoms with Crippen LogP contribution in [0, 0.1) is 0 Å². The molecule has 1 fully saturated rings. The van der Waals surface area contributed by atoms with Gasteiger partial charge in [-0.2, -0.15) is 0 Å². The molecule has 0 aromatic heterocycles. The molecular formula is C16H18N2O5. The fraction of sp³-hybridized carbons (Fsp3) is 0.438. The first kappa shape index (κ1) is 15.5. The molecule has 0 unspecified atom stereocenters. The number of carbonyl (C=O) groups excluding carboxylic acids is 3. The summed E-state index contributed by atoms with van der Waals surface area (Å²) in [5.41, 5.74) is 2.35. The zero-order chi connectivity index (χ0) is 16.4. The van der Waals surface area contributed by atoms with Crippen LogP contribution in [0.15, 0.2) is 18.2 Å². The minimum atomic E-state index is -1.06. The molecule has 0 bridgehead atoms. The molecule has 1 heterocycles. The van der Waals surface area contributed by atoms with Crippen molar-refractivity contribution >= 4 is 17.9 Å². The van der Waals surface area contributed by atoms with Gasteiger partial charge in [0.1, 0.15) is 0 Å². The number of ether oxygens (including phenoxy) is 2. The predicted molar refractivity (Wildman–Crippen MR) is 79.5 cm³/mol. The van der Waals surface area contributed by atoms with Crippen LogP contribution in [0.1, 0.15) is 41.3 Å². The van der Waals surface area contributed by atoms with E-state index in [1.807, 2.05) is 6.07 Å². The monoisotopic (exact) mass is 318 g/mol. The van der Waals surface area contributed by atoms with Gasteiger partial charge in [-0.15, -0.1) is 0 Å². The summed E-state index contributed by atoms with van der Waals surface area (Å²) in [7, 11) is 0. The van der Waals surface area contributed by atoms with Gasteiger partial charge in [0.2, 0.25) is 0 Å². The molecule has 1 atom stereocenters. The Kier molecular flexibility index (Phi) is 4.29. The smallest absolute Gasteiger partial charge is 0.338 e. The van der Waals surface area contributed by atoms with Crippen molar-refractivity contribution in [2.24, 2.45) is 0 Å². The van der Waals surface area contributed by atoms with Crippen LogP contribution in [0.2, 0.25) is 0 Å². The lowest BCUT2D eigenvalue weighted by Crippen LogP contribution is -2.45. The largest absolute Gasteiger partial charge is 0.449 e. The van der Waals surface area contributed by atoms with Gasteiger partial charge in [0.25, 0.3) is 5.91 Å². The Morgan fingerprint density at radius 3 is 2.70 bits per heavy atom. The minimum Gasteiger partial charge on any atom is -0.449 e. The van der Waals surface area contributed by atoms with E-state index in [1.54, 1.807) is 12.1 Å². The third-order valence-electron chi connectivity index (χ3n) is 3.76. The van der Waals surface area contributed by atoms with E-state index in [4.69, 9.17) is 9.47 Å². The zero-order valence-corrected chi connectivity index (χ0v) is 12.8. The van der Waals surface area contributed by atoms with Crippen molar-refractivity contribution in [1.29, 1.82) is 0 Å². The first-order chi connectivity index (χ1) is 11.0. The highest BCUT2D eigenvalue weighted by Gasteiger charge is 2.26. The van der Waals surface area contributed by atoms with Gasteiger partial charge in [-0.25, -0.2) is 9.59 Å². The fourth-order valence-electron chi connectivity index (χ4n) is 2.24. The quantitative estimate of drug-likeness (QED) is 0.815. The van der Waals surface area contributed by atoms with Crippen LogP contribution >= 0.6 is 0 Å². The lowest BCUT2D eigenvalue weighted by Gasteiger charge is -2.13. The Labute approximate surface area is 133 Å². The SMILES string of the molecule is C[C@@H](OC(=O)c1ccc2c(c1)COC2)C(=O)NC(=O)NC1CC1. The van der Waals surface area contributed by atoms with Gasteiger partial charge in [-0.3, -0.25) is 10.1 Å². The number of urea groups is 1. The molecule has 1 aliphatic carbocycles. The molecule has 1 aromatic carbocycles. The molecule has 3 rings (SSSR count). The van der Waals surface area contributed by atoms with Gasteiger partial charge in [0.15, 0.2) is 6.10 Å². The second kappa shape index (κ2) is 6.37. The zero-order valence-electron chi connectivity index (χ0n) is 12.8. The van der Waals surface area contributed by atoms with E-state index in [9.17, 15) is 14.4 Å². The second-order valence-electron chi connectivity index (χ2n) is 5.76. The molecule has 0 spiro atoms. The van der Waals surface area contributed by atoms with Gasteiger partial charge in [0.05, 0.1) is 18.8 Å². The van der Waals surface area contributed by atoms with Crippen LogP contribution < -0.4 is 10.6 Å². The molecule has 2 N–H and O–H groups in total. The van der Waals surface area contributed by atoms with E-state index in [-0.39, 0.29) is 6.04 Å². The first-order valence-corrected chi connectivity index (χ1v) is 7.55. The summed E-state index contributed by atoms with van der Waals surface area (Å²) in [6.07, 6.45) is 0.791. The van der Waals surface area contributed by atoms with Crippen LogP contribution in [0.5, 0.6) is 0 Å². The number of fused-ring (bicyclic) bond motifs is 1. The summed E-state index contributed by atoms with van der Waals surface area (Å²) >= 11 is 0. The third-order valence-corrected chi connectivity index (χ3v) is 3.76. The Hall–Kier alpha value is -2.41. The van der Waals surface area contributed by atoms with Crippen molar-refractivity contribution in [1.82, 2.24) is 10.6 Å². The molecule has 2 aliphatic rings. The van der Waals surface area contributed by atoms with Gasteiger partial charge in [-0.05, 0) is 43.0 Å². The lowest BCUT2D eigenvalue weighted by atomic mass is 10.1. The highest BCUT2D eigenvalue weighted by molar-refractivity contribution is 5.98. The van der Waals surface area contributed by atoms with E-state index in [0.29, 0.717) is 18.8 Å². The predicted octanol–water partition coefficient (Wildman–Crippen LogP) is 1.25. The highest BCUT2D eigenvalue weighted by atomic mass is 16.5. The highest BCUT2D eigenvalue weighted by Crippen LogP contribution is 2.21. The summed E-state index contributed by atoms with van der Waals surface area (Å²) in [6.45, 7) is 2.43. The first-order valence-electron chi connectivity index (χ1n) is 7.55. The second-order valence-corrected chi connectivity index (χ2v) is 5.76. The fourth-order valence-corrected chi connectivity index (χ4v) is 2.24. The Balaban J connectivity index is 1.53. The van der Waals surface area contributed by atoms with Crippen molar-refractivity contribution in [3.8, 4) is 0 Å². The topological polar surface area (TPSA) is 93.7 Å². The van der Waals surface area contributed by atoms with Gasteiger partial charge in [0, 0.05) is 6.04 Å². The number of amides is 3. The van der Waals surface area contributed by atoms with Crippen LogP contribution in [0.4, 0.5) is 4.79 Å². The van der Waals surface area contributed by atoms with Crippen molar-refractivity contribution in [2.75, 3.05) is 0 Å². The molecule has 0 radical (unpaired) electrons. The van der Waals surface area contributed by atoms with Crippen molar-refractivity contribution in [2.45, 2.75) is 45.1 Å². The summed E-state index contributed by atoms with van der Waals surface area (Å²) in [5.74, 6) is -1.26. The standard InChI is InChI=1S/C16H18N2O5/c1-9(14(19)18-16(21)17-13-4-5-13)23-15(20)10-2-3-11-7-22-8-12(11)6-10/h2-3,6,9,13H,4-5,7-8H2,1H3,(H2,17,18,19,21)/t9-/m1/s1. The third kappa shape index (κ3) is 3.87. The number of hydrogen-bond acceptors (Lipinski definition) is 5. The van der Waals surface area contributed by atoms with Crippen LogP contribution in [-0.4, -0.2) is 30.1 Å². The van der Waals surface area contributed by atoms with Crippen LogP contribution in [-0.2, 0) is 27.5 Å². The maximum absolute atomic E-state index is 12.1. The summed E-state index contributed by atoms with van der Waals surface area (Å²) in [4.78, 5) is 35.4. The minimum absolute atomic E-state index is 0.147. The van der Waals surface area contributed by atoms with Crippen LogP contribution in [0.3, 0.4) is 0 Å². The number of nitrogens with one attached hydrogen (secondary N) is 2. The number of carbonyl (C=O) groups is 3. The average molecular weight is 318 g/mol. The number of imide groups is 1. The van der Waals surface area contributed by atoms with E-state index >= 15 is 0 Å². The van der Waals surface area contributed by atoms with E-state index in [2.05, 4.69) is 10.6 Å². The summed E-state index contributed by atoms with van der Waals surface area (Å²) < 4.78 is 10.4. The Morgan fingerprint density at radius 1 is 1.22 bits per heavy atom. The lowest BCUT2D eigenvalue weighted by molar-refractivity contribution is -0.127. The molecule has 122 valence electrons. The van der Waals surface area contributed by atoms with Crippen LogP contribution in [0.25, 0.3) is 0 Å².